The second-order valence-electron chi connectivity index (χ2n) is 6.55. The van der Waals surface area contributed by atoms with E-state index < -0.39 is 18.0 Å². The summed E-state index contributed by atoms with van der Waals surface area (Å²) >= 11 is 6.04. The van der Waals surface area contributed by atoms with Gasteiger partial charge in [-0.05, 0) is 61.6 Å². The van der Waals surface area contributed by atoms with Gasteiger partial charge >= 0.3 is 11.9 Å². The van der Waals surface area contributed by atoms with E-state index in [0.717, 1.165) is 22.4 Å². The lowest BCUT2D eigenvalue weighted by Gasteiger charge is -2.27. The molecule has 6 nitrogen and oxygen atoms in total. The Morgan fingerprint density at radius 3 is 2.63 bits per heavy atom. The van der Waals surface area contributed by atoms with Crippen molar-refractivity contribution in [1.82, 2.24) is 0 Å². The second-order valence-corrected chi connectivity index (χ2v) is 6.98. The average Bonchev–Trinajstić information content (AvgIpc) is 2.75. The Morgan fingerprint density at radius 2 is 1.93 bits per heavy atom. The fourth-order valence-corrected chi connectivity index (χ4v) is 3.20. The number of hydroxylamine groups is 1. The molecule has 2 aromatic rings. The first-order valence-corrected chi connectivity index (χ1v) is 8.96. The molecular formula is C20H20ClNO5. The summed E-state index contributed by atoms with van der Waals surface area (Å²) in [5, 5.41) is 11.0. The van der Waals surface area contributed by atoms with Crippen molar-refractivity contribution in [3.05, 3.63) is 58.1 Å². The van der Waals surface area contributed by atoms with Gasteiger partial charge in [0.2, 0.25) is 0 Å². The van der Waals surface area contributed by atoms with Crippen molar-refractivity contribution < 1.29 is 24.3 Å². The molecule has 0 saturated heterocycles. The molecule has 0 saturated carbocycles. The summed E-state index contributed by atoms with van der Waals surface area (Å²) in [5.41, 5.74) is 4.17. The maximum absolute atomic E-state index is 11.5. The summed E-state index contributed by atoms with van der Waals surface area (Å²) in [6.07, 6.45) is 0.536. The van der Waals surface area contributed by atoms with Gasteiger partial charge in [-0.3, -0.25) is 0 Å². The number of carboxylic acids is 1. The normalized spacial score (nSPS) is 16.3. The van der Waals surface area contributed by atoms with Gasteiger partial charge in [0, 0.05) is 11.1 Å². The summed E-state index contributed by atoms with van der Waals surface area (Å²) in [7, 11) is 0. The number of rotatable bonds is 3. The van der Waals surface area contributed by atoms with Crippen LogP contribution in [0.5, 0.6) is 5.75 Å². The SMILES string of the molecule is Cc1cc2c(cc1C)N(Oc1cccc(Cl)c1)CC(OC(=O)C(=O)O)CC2. The van der Waals surface area contributed by atoms with Crippen LogP contribution in [0.15, 0.2) is 36.4 Å². The van der Waals surface area contributed by atoms with Gasteiger partial charge in [-0.15, -0.1) is 0 Å². The Morgan fingerprint density at radius 1 is 1.19 bits per heavy atom. The molecule has 7 heteroatoms. The number of fused-ring (bicyclic) bond motifs is 1. The van der Waals surface area contributed by atoms with E-state index in [1.54, 1.807) is 29.3 Å². The Balaban J connectivity index is 1.93. The molecule has 1 aliphatic heterocycles. The van der Waals surface area contributed by atoms with Crippen LogP contribution in [0, 0.1) is 13.8 Å². The number of anilines is 1. The zero-order valence-corrected chi connectivity index (χ0v) is 15.8. The van der Waals surface area contributed by atoms with Crippen LogP contribution >= 0.6 is 11.6 Å². The van der Waals surface area contributed by atoms with Crippen LogP contribution in [0.25, 0.3) is 0 Å². The summed E-state index contributed by atoms with van der Waals surface area (Å²) in [6.45, 7) is 4.26. The molecule has 0 aliphatic carbocycles. The Labute approximate surface area is 162 Å². The van der Waals surface area contributed by atoms with E-state index in [1.165, 1.54) is 0 Å². The van der Waals surface area contributed by atoms with E-state index in [1.807, 2.05) is 19.9 Å². The number of benzene rings is 2. The number of nitrogens with zero attached hydrogens (tertiary/aromatic N) is 1. The van der Waals surface area contributed by atoms with E-state index in [0.29, 0.717) is 23.6 Å². The van der Waals surface area contributed by atoms with E-state index in [4.69, 9.17) is 26.3 Å². The number of aryl methyl sites for hydroxylation is 3. The highest BCUT2D eigenvalue weighted by Crippen LogP contribution is 2.31. The second kappa shape index (κ2) is 7.88. The number of halogens is 1. The number of ether oxygens (including phenoxy) is 1. The molecule has 0 fully saturated rings. The first kappa shape index (κ1) is 19.0. The van der Waals surface area contributed by atoms with Crippen molar-refractivity contribution in [2.75, 3.05) is 11.6 Å². The molecular weight excluding hydrogens is 370 g/mol. The van der Waals surface area contributed by atoms with Crippen molar-refractivity contribution in [3.63, 3.8) is 0 Å². The Hall–Kier alpha value is -2.73. The molecule has 1 N–H and O–H groups in total. The first-order valence-electron chi connectivity index (χ1n) is 8.58. The third kappa shape index (κ3) is 4.52. The smallest absolute Gasteiger partial charge is 0.417 e. The molecule has 27 heavy (non-hydrogen) atoms. The zero-order valence-electron chi connectivity index (χ0n) is 15.1. The van der Waals surface area contributed by atoms with Gasteiger partial charge < -0.3 is 14.7 Å². The number of esters is 1. The number of carboxylic acid groups (broad SMARTS) is 1. The zero-order chi connectivity index (χ0) is 19.6. The van der Waals surface area contributed by atoms with Gasteiger partial charge in [0.25, 0.3) is 0 Å². The number of carbonyl (C=O) groups is 2. The fraction of sp³-hybridized carbons (Fsp3) is 0.300. The lowest BCUT2D eigenvalue weighted by molar-refractivity contribution is -0.167. The molecule has 0 amide bonds. The summed E-state index contributed by atoms with van der Waals surface area (Å²) in [5.74, 6) is -2.33. The molecule has 1 unspecified atom stereocenters. The van der Waals surface area contributed by atoms with E-state index in [-0.39, 0.29) is 6.54 Å². The highest BCUT2D eigenvalue weighted by Gasteiger charge is 2.28. The minimum Gasteiger partial charge on any atom is -0.473 e. The van der Waals surface area contributed by atoms with Crippen molar-refractivity contribution in [3.8, 4) is 5.75 Å². The van der Waals surface area contributed by atoms with Gasteiger partial charge in [0.15, 0.2) is 5.75 Å². The molecule has 2 aromatic carbocycles. The minimum absolute atomic E-state index is 0.209. The topological polar surface area (TPSA) is 76.1 Å². The molecule has 1 heterocycles. The minimum atomic E-state index is -1.61. The lowest BCUT2D eigenvalue weighted by atomic mass is 10.0. The van der Waals surface area contributed by atoms with Crippen molar-refractivity contribution in [2.45, 2.75) is 32.8 Å². The van der Waals surface area contributed by atoms with Crippen LogP contribution in [-0.2, 0) is 20.7 Å². The van der Waals surface area contributed by atoms with Crippen LogP contribution < -0.4 is 9.90 Å². The number of aliphatic carboxylic acids is 1. The van der Waals surface area contributed by atoms with Crippen LogP contribution in [0.3, 0.4) is 0 Å². The van der Waals surface area contributed by atoms with Crippen molar-refractivity contribution in [1.29, 1.82) is 0 Å². The molecule has 1 atom stereocenters. The maximum atomic E-state index is 11.5. The summed E-state index contributed by atoms with van der Waals surface area (Å²) in [4.78, 5) is 28.4. The molecule has 0 radical (unpaired) electrons. The number of carbonyl (C=O) groups excluding carboxylic acids is 1. The third-order valence-corrected chi connectivity index (χ3v) is 4.76. The van der Waals surface area contributed by atoms with Gasteiger partial charge in [0.05, 0.1) is 12.2 Å². The van der Waals surface area contributed by atoms with Gasteiger partial charge in [-0.2, -0.15) is 0 Å². The molecule has 0 spiro atoms. The van der Waals surface area contributed by atoms with E-state index in [9.17, 15) is 9.59 Å². The summed E-state index contributed by atoms with van der Waals surface area (Å²) in [6, 6.07) is 11.1. The van der Waals surface area contributed by atoms with Gasteiger partial charge in [0.1, 0.15) is 6.10 Å². The highest BCUT2D eigenvalue weighted by molar-refractivity contribution is 6.30. The van der Waals surface area contributed by atoms with Crippen LogP contribution in [-0.4, -0.2) is 29.7 Å². The summed E-state index contributed by atoms with van der Waals surface area (Å²) < 4.78 is 5.13. The molecule has 142 valence electrons. The van der Waals surface area contributed by atoms with Crippen LogP contribution in [0.2, 0.25) is 5.02 Å². The standard InChI is InChI=1S/C20H20ClNO5/c1-12-8-14-6-7-17(26-20(25)19(23)24)11-22(18(14)9-13(12)2)27-16-5-3-4-15(21)10-16/h3-5,8-10,17H,6-7,11H2,1-2H3,(H,23,24). The highest BCUT2D eigenvalue weighted by atomic mass is 35.5. The fourth-order valence-electron chi connectivity index (χ4n) is 3.02. The van der Waals surface area contributed by atoms with Crippen LogP contribution in [0.1, 0.15) is 23.1 Å². The van der Waals surface area contributed by atoms with Crippen molar-refractivity contribution >= 4 is 29.2 Å². The molecule has 1 aliphatic rings. The quantitative estimate of drug-likeness (QED) is 0.637. The largest absolute Gasteiger partial charge is 0.473 e. The Kier molecular flexibility index (Phi) is 5.56. The average molecular weight is 390 g/mol. The number of hydrogen-bond acceptors (Lipinski definition) is 5. The van der Waals surface area contributed by atoms with Gasteiger partial charge in [-0.25, -0.2) is 14.7 Å². The van der Waals surface area contributed by atoms with E-state index >= 15 is 0 Å². The molecule has 0 aromatic heterocycles. The Bertz CT molecular complexity index is 883. The lowest BCUT2D eigenvalue weighted by Crippen LogP contribution is -2.37. The third-order valence-electron chi connectivity index (χ3n) is 4.53. The molecule has 0 bridgehead atoms. The predicted octanol–water partition coefficient (Wildman–Crippen LogP) is 3.70. The monoisotopic (exact) mass is 389 g/mol. The van der Waals surface area contributed by atoms with E-state index in [2.05, 4.69) is 6.07 Å². The molecule has 3 rings (SSSR count). The number of hydrogen-bond donors (Lipinski definition) is 1. The van der Waals surface area contributed by atoms with Crippen molar-refractivity contribution in [2.24, 2.45) is 0 Å². The van der Waals surface area contributed by atoms with Gasteiger partial charge in [-0.1, -0.05) is 23.7 Å². The predicted molar refractivity (Wildman–Crippen MR) is 101 cm³/mol. The van der Waals surface area contributed by atoms with Crippen LogP contribution in [0.4, 0.5) is 5.69 Å². The maximum Gasteiger partial charge on any atom is 0.417 e. The first-order chi connectivity index (χ1) is 12.8.